The normalized spacial score (nSPS) is 12.5. The van der Waals surface area contributed by atoms with E-state index in [1.807, 2.05) is 30.3 Å². The number of rotatable bonds is 10. The molecular formula is C21H23BrClN3O5. The zero-order valence-electron chi connectivity index (χ0n) is 16.5. The maximum atomic E-state index is 12.2. The molecule has 2 atom stereocenters. The van der Waals surface area contributed by atoms with E-state index in [0.717, 1.165) is 10.0 Å². The lowest BCUT2D eigenvalue weighted by atomic mass is 10.0. The van der Waals surface area contributed by atoms with Crippen LogP contribution in [0.5, 0.6) is 0 Å². The number of carbonyl (C=O) groups is 3. The van der Waals surface area contributed by atoms with Crippen molar-refractivity contribution in [3.05, 3.63) is 69.2 Å². The number of primary amides is 1. The Hall–Kier alpha value is -2.62. The SMILES string of the molecule is NC(=O)[C@H](Cc1cc(Cl)ccc1Br)NC(=O)C[C@@H](O)CNC(=O)OCc1ccccc1. The molecule has 0 aromatic heterocycles. The van der Waals surface area contributed by atoms with Crippen LogP contribution in [0.1, 0.15) is 17.5 Å². The fourth-order valence-corrected chi connectivity index (χ4v) is 3.26. The van der Waals surface area contributed by atoms with Crippen LogP contribution >= 0.6 is 27.5 Å². The number of hydrogen-bond acceptors (Lipinski definition) is 5. The number of ether oxygens (including phenoxy) is 1. The van der Waals surface area contributed by atoms with Crippen LogP contribution in [0.25, 0.3) is 0 Å². The van der Waals surface area contributed by atoms with E-state index in [4.69, 9.17) is 22.1 Å². The van der Waals surface area contributed by atoms with E-state index < -0.39 is 30.1 Å². The molecule has 0 saturated heterocycles. The first-order valence-corrected chi connectivity index (χ1v) is 10.6. The van der Waals surface area contributed by atoms with Gasteiger partial charge in [-0.15, -0.1) is 0 Å². The molecule has 0 radical (unpaired) electrons. The number of aliphatic hydroxyl groups excluding tert-OH is 1. The summed E-state index contributed by atoms with van der Waals surface area (Å²) in [6.07, 6.45) is -2.10. The van der Waals surface area contributed by atoms with Gasteiger partial charge in [0.2, 0.25) is 11.8 Å². The second-order valence-electron chi connectivity index (χ2n) is 6.76. The van der Waals surface area contributed by atoms with Crippen LogP contribution in [-0.2, 0) is 27.4 Å². The van der Waals surface area contributed by atoms with Gasteiger partial charge in [-0.05, 0) is 29.3 Å². The third-order valence-corrected chi connectivity index (χ3v) is 5.23. The number of nitrogens with two attached hydrogens (primary N) is 1. The number of nitrogens with one attached hydrogen (secondary N) is 2. The van der Waals surface area contributed by atoms with Gasteiger partial charge in [-0.3, -0.25) is 9.59 Å². The molecule has 0 aliphatic heterocycles. The van der Waals surface area contributed by atoms with E-state index >= 15 is 0 Å². The van der Waals surface area contributed by atoms with Crippen molar-refractivity contribution in [3.8, 4) is 0 Å². The molecular weight excluding hydrogens is 490 g/mol. The molecule has 0 fully saturated rings. The number of alkyl carbamates (subject to hydrolysis) is 1. The van der Waals surface area contributed by atoms with Gasteiger partial charge in [-0.25, -0.2) is 4.79 Å². The van der Waals surface area contributed by atoms with E-state index in [0.29, 0.717) is 10.6 Å². The van der Waals surface area contributed by atoms with Crippen molar-refractivity contribution in [2.75, 3.05) is 6.54 Å². The average molecular weight is 513 g/mol. The monoisotopic (exact) mass is 511 g/mol. The van der Waals surface area contributed by atoms with Crippen molar-refractivity contribution in [3.63, 3.8) is 0 Å². The standard InChI is InChI=1S/C21H23BrClN3O5/c22-17-7-6-15(23)8-14(17)9-18(20(24)29)26-19(28)10-16(27)11-25-21(30)31-12-13-4-2-1-3-5-13/h1-8,16,18,27H,9-12H2,(H2,24,29)(H,25,30)(H,26,28)/t16-,18+/m1/s1. The number of hydrogen-bond donors (Lipinski definition) is 4. The maximum absolute atomic E-state index is 12.2. The summed E-state index contributed by atoms with van der Waals surface area (Å²) in [5, 5.41) is 15.4. The molecule has 166 valence electrons. The van der Waals surface area contributed by atoms with Gasteiger partial charge in [-0.1, -0.05) is 57.9 Å². The topological polar surface area (TPSA) is 131 Å². The summed E-state index contributed by atoms with van der Waals surface area (Å²) >= 11 is 9.33. The van der Waals surface area contributed by atoms with E-state index in [1.54, 1.807) is 18.2 Å². The highest BCUT2D eigenvalue weighted by Gasteiger charge is 2.22. The Morgan fingerprint density at radius 1 is 1.16 bits per heavy atom. The molecule has 0 bridgehead atoms. The lowest BCUT2D eigenvalue weighted by Crippen LogP contribution is -2.47. The summed E-state index contributed by atoms with van der Waals surface area (Å²) in [6, 6.07) is 13.2. The second-order valence-corrected chi connectivity index (χ2v) is 8.05. The summed E-state index contributed by atoms with van der Waals surface area (Å²) in [5.41, 5.74) is 6.91. The minimum Gasteiger partial charge on any atom is -0.445 e. The van der Waals surface area contributed by atoms with Gasteiger partial charge in [-0.2, -0.15) is 0 Å². The molecule has 0 unspecified atom stereocenters. The molecule has 0 aliphatic carbocycles. The molecule has 0 spiro atoms. The molecule has 31 heavy (non-hydrogen) atoms. The molecule has 2 aromatic rings. The summed E-state index contributed by atoms with van der Waals surface area (Å²) in [7, 11) is 0. The minimum absolute atomic E-state index is 0.0859. The van der Waals surface area contributed by atoms with Crippen LogP contribution in [0.15, 0.2) is 53.0 Å². The van der Waals surface area contributed by atoms with Gasteiger partial charge in [0.15, 0.2) is 0 Å². The Bertz CT molecular complexity index is 913. The van der Waals surface area contributed by atoms with Crippen LogP contribution < -0.4 is 16.4 Å². The highest BCUT2D eigenvalue weighted by molar-refractivity contribution is 9.10. The first-order chi connectivity index (χ1) is 14.7. The zero-order chi connectivity index (χ0) is 22.8. The molecule has 2 rings (SSSR count). The smallest absolute Gasteiger partial charge is 0.407 e. The third kappa shape index (κ3) is 8.95. The molecule has 0 aliphatic rings. The fourth-order valence-electron chi connectivity index (χ4n) is 2.66. The minimum atomic E-state index is -1.17. The molecule has 10 heteroatoms. The Balaban J connectivity index is 1.77. The number of carbonyl (C=O) groups excluding carboxylic acids is 3. The second kappa shape index (κ2) is 12.3. The van der Waals surface area contributed by atoms with E-state index in [1.165, 1.54) is 0 Å². The van der Waals surface area contributed by atoms with Crippen molar-refractivity contribution in [1.82, 2.24) is 10.6 Å². The van der Waals surface area contributed by atoms with Crippen molar-refractivity contribution >= 4 is 45.4 Å². The van der Waals surface area contributed by atoms with Crippen LogP contribution in [0, 0.1) is 0 Å². The van der Waals surface area contributed by atoms with Crippen molar-refractivity contribution in [1.29, 1.82) is 0 Å². The first-order valence-electron chi connectivity index (χ1n) is 9.40. The van der Waals surface area contributed by atoms with Crippen LogP contribution in [-0.4, -0.2) is 41.7 Å². The van der Waals surface area contributed by atoms with Crippen molar-refractivity contribution in [2.24, 2.45) is 5.73 Å². The van der Waals surface area contributed by atoms with Crippen LogP contribution in [0.2, 0.25) is 5.02 Å². The molecule has 8 nitrogen and oxygen atoms in total. The van der Waals surface area contributed by atoms with Gasteiger partial charge >= 0.3 is 6.09 Å². The Kier molecular flexibility index (Phi) is 9.77. The summed E-state index contributed by atoms with van der Waals surface area (Å²) in [6.45, 7) is -0.106. The molecule has 2 aromatic carbocycles. The van der Waals surface area contributed by atoms with Crippen LogP contribution in [0.3, 0.4) is 0 Å². The highest BCUT2D eigenvalue weighted by Crippen LogP contribution is 2.22. The maximum Gasteiger partial charge on any atom is 0.407 e. The fraction of sp³-hybridized carbons (Fsp3) is 0.286. The number of aliphatic hydroxyl groups is 1. The summed E-state index contributed by atoms with van der Waals surface area (Å²) in [5.74, 6) is -1.31. The Morgan fingerprint density at radius 3 is 2.55 bits per heavy atom. The van der Waals surface area contributed by atoms with E-state index in [2.05, 4.69) is 26.6 Å². The molecule has 5 N–H and O–H groups in total. The number of amides is 3. The van der Waals surface area contributed by atoms with Gasteiger partial charge in [0.25, 0.3) is 0 Å². The molecule has 0 saturated carbocycles. The molecule has 3 amide bonds. The lowest BCUT2D eigenvalue weighted by Gasteiger charge is -2.18. The predicted molar refractivity (Wildman–Crippen MR) is 119 cm³/mol. The van der Waals surface area contributed by atoms with E-state index in [9.17, 15) is 19.5 Å². The highest BCUT2D eigenvalue weighted by atomic mass is 79.9. The number of halogens is 2. The van der Waals surface area contributed by atoms with Gasteiger partial charge in [0.05, 0.1) is 12.5 Å². The average Bonchev–Trinajstić information content (AvgIpc) is 2.73. The largest absolute Gasteiger partial charge is 0.445 e. The number of benzene rings is 2. The van der Waals surface area contributed by atoms with Gasteiger partial charge < -0.3 is 26.2 Å². The molecule has 0 heterocycles. The van der Waals surface area contributed by atoms with Crippen molar-refractivity contribution in [2.45, 2.75) is 31.6 Å². The third-order valence-electron chi connectivity index (χ3n) is 4.23. The van der Waals surface area contributed by atoms with E-state index in [-0.39, 0.29) is 26.0 Å². The van der Waals surface area contributed by atoms with Gasteiger partial charge in [0.1, 0.15) is 12.6 Å². The zero-order valence-corrected chi connectivity index (χ0v) is 18.9. The summed E-state index contributed by atoms with van der Waals surface area (Å²) in [4.78, 5) is 35.7. The lowest BCUT2D eigenvalue weighted by molar-refractivity contribution is -0.128. The van der Waals surface area contributed by atoms with Crippen molar-refractivity contribution < 1.29 is 24.2 Å². The van der Waals surface area contributed by atoms with Crippen LogP contribution in [0.4, 0.5) is 4.79 Å². The predicted octanol–water partition coefficient (Wildman–Crippen LogP) is 2.29. The quantitative estimate of drug-likeness (QED) is 0.388. The summed E-state index contributed by atoms with van der Waals surface area (Å²) < 4.78 is 5.75. The Morgan fingerprint density at radius 2 is 1.87 bits per heavy atom. The first kappa shape index (κ1) is 24.6. The Labute approximate surface area is 193 Å². The van der Waals surface area contributed by atoms with Gasteiger partial charge in [0, 0.05) is 22.5 Å².